The van der Waals surface area contributed by atoms with Crippen LogP contribution in [-0.2, 0) is 17.8 Å². The summed E-state index contributed by atoms with van der Waals surface area (Å²) in [6.45, 7) is 0.599. The summed E-state index contributed by atoms with van der Waals surface area (Å²) >= 11 is 1.30. The number of carbonyl (C=O) groups excluding carboxylic acids is 1. The standard InChI is InChI=1S/C24H19FN2O3S/c25-18-6-2-4-8-22(18)31-24-17(16-5-1-3-7-19(16)27-24)12-23(28)26-13-15-9-10-20-21(11-15)30-14-29-20/h1-11,27H,12-14H2,(H,26,28). The van der Waals surface area contributed by atoms with Crippen molar-refractivity contribution >= 4 is 28.6 Å². The number of rotatable bonds is 6. The molecule has 1 aliphatic heterocycles. The first-order valence-corrected chi connectivity index (χ1v) is 10.7. The molecule has 5 nitrogen and oxygen atoms in total. The van der Waals surface area contributed by atoms with E-state index in [1.807, 2.05) is 42.5 Å². The summed E-state index contributed by atoms with van der Waals surface area (Å²) in [5.74, 6) is 0.998. The van der Waals surface area contributed by atoms with Crippen LogP contribution >= 0.6 is 11.8 Å². The molecule has 4 aromatic rings. The van der Waals surface area contributed by atoms with Crippen LogP contribution in [0.1, 0.15) is 11.1 Å². The van der Waals surface area contributed by atoms with Crippen LogP contribution in [0.5, 0.6) is 11.5 Å². The predicted molar refractivity (Wildman–Crippen MR) is 117 cm³/mol. The number of benzene rings is 3. The lowest BCUT2D eigenvalue weighted by Crippen LogP contribution is -2.24. The maximum absolute atomic E-state index is 14.2. The number of hydrogen-bond acceptors (Lipinski definition) is 4. The van der Waals surface area contributed by atoms with Crippen LogP contribution in [0.3, 0.4) is 0 Å². The molecule has 0 spiro atoms. The van der Waals surface area contributed by atoms with Gasteiger partial charge in [0.2, 0.25) is 12.7 Å². The molecule has 0 bridgehead atoms. The molecule has 1 aromatic heterocycles. The van der Waals surface area contributed by atoms with Crippen LogP contribution in [-0.4, -0.2) is 17.7 Å². The molecular formula is C24H19FN2O3S. The van der Waals surface area contributed by atoms with Crippen molar-refractivity contribution in [2.75, 3.05) is 6.79 Å². The Kier molecular flexibility index (Phi) is 5.26. The lowest BCUT2D eigenvalue weighted by molar-refractivity contribution is -0.120. The first-order valence-electron chi connectivity index (χ1n) is 9.84. The third kappa shape index (κ3) is 4.09. The summed E-state index contributed by atoms with van der Waals surface area (Å²) in [6.07, 6.45) is 0.186. The summed E-state index contributed by atoms with van der Waals surface area (Å²) in [7, 11) is 0. The third-order valence-electron chi connectivity index (χ3n) is 5.09. The first-order chi connectivity index (χ1) is 15.2. The molecule has 7 heteroatoms. The van der Waals surface area contributed by atoms with Gasteiger partial charge in [-0.2, -0.15) is 0 Å². The molecule has 2 N–H and O–H groups in total. The maximum atomic E-state index is 14.2. The number of fused-ring (bicyclic) bond motifs is 2. The molecule has 0 radical (unpaired) electrons. The maximum Gasteiger partial charge on any atom is 0.231 e. The lowest BCUT2D eigenvalue weighted by Gasteiger charge is -2.08. The van der Waals surface area contributed by atoms with Gasteiger partial charge in [0, 0.05) is 27.9 Å². The monoisotopic (exact) mass is 434 g/mol. The average Bonchev–Trinajstić information content (AvgIpc) is 3.38. The molecule has 0 aliphatic carbocycles. The van der Waals surface area contributed by atoms with Crippen molar-refractivity contribution in [3.05, 3.63) is 83.7 Å². The van der Waals surface area contributed by atoms with Gasteiger partial charge in [-0.1, -0.05) is 48.2 Å². The quantitative estimate of drug-likeness (QED) is 0.446. The molecule has 0 saturated carbocycles. The van der Waals surface area contributed by atoms with E-state index in [1.165, 1.54) is 17.8 Å². The normalized spacial score (nSPS) is 12.3. The van der Waals surface area contributed by atoms with E-state index in [1.54, 1.807) is 18.2 Å². The zero-order chi connectivity index (χ0) is 21.2. The molecule has 0 fully saturated rings. The fourth-order valence-corrected chi connectivity index (χ4v) is 4.55. The largest absolute Gasteiger partial charge is 0.454 e. The Balaban J connectivity index is 1.35. The Morgan fingerprint density at radius 1 is 1.03 bits per heavy atom. The molecule has 0 saturated heterocycles. The molecular weight excluding hydrogens is 415 g/mol. The van der Waals surface area contributed by atoms with Gasteiger partial charge in [0.25, 0.3) is 0 Å². The second kappa shape index (κ2) is 8.35. The first kappa shape index (κ1) is 19.5. The Labute approximate surface area is 182 Å². The Hall–Kier alpha value is -3.45. The van der Waals surface area contributed by atoms with Crippen molar-refractivity contribution in [3.63, 3.8) is 0 Å². The number of carbonyl (C=O) groups is 1. The van der Waals surface area contributed by atoms with Gasteiger partial charge in [0.05, 0.1) is 11.4 Å². The topological polar surface area (TPSA) is 63.4 Å². The minimum atomic E-state index is -0.288. The Morgan fingerprint density at radius 3 is 2.74 bits per heavy atom. The van der Waals surface area contributed by atoms with E-state index in [0.29, 0.717) is 22.9 Å². The zero-order valence-corrected chi connectivity index (χ0v) is 17.3. The van der Waals surface area contributed by atoms with Gasteiger partial charge < -0.3 is 19.8 Å². The van der Waals surface area contributed by atoms with Crippen LogP contribution in [0.15, 0.2) is 76.7 Å². The minimum absolute atomic E-state index is 0.113. The van der Waals surface area contributed by atoms with Crippen LogP contribution in [0.2, 0.25) is 0 Å². The van der Waals surface area contributed by atoms with Crippen LogP contribution in [0.25, 0.3) is 10.9 Å². The number of amides is 1. The number of H-pyrrole nitrogens is 1. The summed E-state index contributed by atoms with van der Waals surface area (Å²) in [5.41, 5.74) is 2.70. The van der Waals surface area contributed by atoms with Crippen molar-refractivity contribution in [1.29, 1.82) is 0 Å². The van der Waals surface area contributed by atoms with Crippen LogP contribution < -0.4 is 14.8 Å². The van der Waals surface area contributed by atoms with Gasteiger partial charge in [-0.25, -0.2) is 4.39 Å². The number of para-hydroxylation sites is 1. The van der Waals surface area contributed by atoms with Crippen molar-refractivity contribution in [1.82, 2.24) is 10.3 Å². The summed E-state index contributed by atoms with van der Waals surface area (Å²) in [5, 5.41) is 4.69. The SMILES string of the molecule is O=C(Cc1c(Sc2ccccc2F)[nH]c2ccccc12)NCc1ccc2c(c1)OCO2. The molecule has 2 heterocycles. The van der Waals surface area contributed by atoms with Gasteiger partial charge in [-0.15, -0.1) is 0 Å². The zero-order valence-electron chi connectivity index (χ0n) is 16.5. The average molecular weight is 434 g/mol. The summed E-state index contributed by atoms with van der Waals surface area (Å²) in [6, 6.07) is 20.0. The highest BCUT2D eigenvalue weighted by Crippen LogP contribution is 2.36. The second-order valence-electron chi connectivity index (χ2n) is 7.15. The molecule has 5 rings (SSSR count). The molecule has 0 atom stereocenters. The highest BCUT2D eigenvalue weighted by Gasteiger charge is 2.18. The highest BCUT2D eigenvalue weighted by molar-refractivity contribution is 7.99. The highest BCUT2D eigenvalue weighted by atomic mass is 32.2. The van der Waals surface area contributed by atoms with Crippen LogP contribution in [0, 0.1) is 5.82 Å². The van der Waals surface area contributed by atoms with Crippen molar-refractivity contribution in [3.8, 4) is 11.5 Å². The van der Waals surface area contributed by atoms with E-state index in [4.69, 9.17) is 9.47 Å². The van der Waals surface area contributed by atoms with Gasteiger partial charge in [-0.3, -0.25) is 4.79 Å². The third-order valence-corrected chi connectivity index (χ3v) is 6.19. The molecule has 31 heavy (non-hydrogen) atoms. The van der Waals surface area contributed by atoms with E-state index in [9.17, 15) is 9.18 Å². The van der Waals surface area contributed by atoms with E-state index in [-0.39, 0.29) is 24.9 Å². The minimum Gasteiger partial charge on any atom is -0.454 e. The van der Waals surface area contributed by atoms with Crippen molar-refractivity contribution in [2.45, 2.75) is 22.9 Å². The Morgan fingerprint density at radius 2 is 1.84 bits per heavy atom. The number of hydrogen-bond donors (Lipinski definition) is 2. The number of nitrogens with one attached hydrogen (secondary N) is 2. The summed E-state index contributed by atoms with van der Waals surface area (Å²) < 4.78 is 24.9. The number of halogens is 1. The number of aromatic nitrogens is 1. The van der Waals surface area contributed by atoms with Crippen molar-refractivity contribution < 1.29 is 18.7 Å². The molecule has 156 valence electrons. The predicted octanol–water partition coefficient (Wildman–Crippen LogP) is 5.05. The Bertz CT molecular complexity index is 1270. The number of ether oxygens (including phenoxy) is 2. The molecule has 1 amide bonds. The van der Waals surface area contributed by atoms with Gasteiger partial charge in [0.1, 0.15) is 5.82 Å². The smallest absolute Gasteiger partial charge is 0.231 e. The summed E-state index contributed by atoms with van der Waals surface area (Å²) in [4.78, 5) is 16.6. The van der Waals surface area contributed by atoms with Gasteiger partial charge >= 0.3 is 0 Å². The fraction of sp³-hybridized carbons (Fsp3) is 0.125. The van der Waals surface area contributed by atoms with E-state index >= 15 is 0 Å². The van der Waals surface area contributed by atoms with Gasteiger partial charge in [0.15, 0.2) is 11.5 Å². The van der Waals surface area contributed by atoms with Gasteiger partial charge in [-0.05, 0) is 35.9 Å². The number of aromatic amines is 1. The van der Waals surface area contributed by atoms with Crippen LogP contribution in [0.4, 0.5) is 4.39 Å². The molecule has 3 aromatic carbocycles. The molecule has 1 aliphatic rings. The van der Waals surface area contributed by atoms with E-state index in [2.05, 4.69) is 10.3 Å². The van der Waals surface area contributed by atoms with E-state index < -0.39 is 0 Å². The van der Waals surface area contributed by atoms with Crippen molar-refractivity contribution in [2.24, 2.45) is 0 Å². The lowest BCUT2D eigenvalue weighted by atomic mass is 10.1. The second-order valence-corrected chi connectivity index (χ2v) is 8.20. The fourth-order valence-electron chi connectivity index (χ4n) is 3.55. The van der Waals surface area contributed by atoms with E-state index in [0.717, 1.165) is 27.1 Å². The molecule has 0 unspecified atom stereocenters.